The van der Waals surface area contributed by atoms with E-state index in [0.29, 0.717) is 6.54 Å². The molecule has 1 aromatic carbocycles. The van der Waals surface area contributed by atoms with Crippen LogP contribution in [0, 0.1) is 0 Å². The maximum Gasteiger partial charge on any atom is 0.240 e. The van der Waals surface area contributed by atoms with Gasteiger partial charge >= 0.3 is 0 Å². The Kier molecular flexibility index (Phi) is 7.65. The smallest absolute Gasteiger partial charge is 0.240 e. The third-order valence-electron chi connectivity index (χ3n) is 4.13. The molecule has 0 heterocycles. The fraction of sp³-hybridized carbons (Fsp3) is 0.588. The number of carbonyl (C=O) groups excluding carboxylic acids is 1. The molecule has 1 aromatic rings. The Labute approximate surface area is 144 Å². The summed E-state index contributed by atoms with van der Waals surface area (Å²) >= 11 is 0. The Hall–Kier alpha value is -1.46. The summed E-state index contributed by atoms with van der Waals surface area (Å²) in [7, 11) is 1.62. The molecule has 6 heteroatoms. The summed E-state index contributed by atoms with van der Waals surface area (Å²) in [5, 5.41) is 2.92. The first-order valence-corrected chi connectivity index (χ1v) is 7.91. The van der Waals surface area contributed by atoms with Crippen molar-refractivity contribution in [3.05, 3.63) is 24.3 Å². The van der Waals surface area contributed by atoms with Gasteiger partial charge in [0.2, 0.25) is 5.91 Å². The maximum absolute atomic E-state index is 12.3. The highest BCUT2D eigenvalue weighted by Gasteiger charge is 2.35. The van der Waals surface area contributed by atoms with Gasteiger partial charge in [0.25, 0.3) is 0 Å². The van der Waals surface area contributed by atoms with Gasteiger partial charge in [-0.15, -0.1) is 12.4 Å². The molecule has 130 valence electrons. The lowest BCUT2D eigenvalue weighted by Gasteiger charge is -2.32. The van der Waals surface area contributed by atoms with E-state index in [1.807, 2.05) is 31.2 Å². The second kappa shape index (κ2) is 8.99. The Balaban J connectivity index is 0.00000264. The average molecular weight is 343 g/mol. The van der Waals surface area contributed by atoms with Crippen LogP contribution in [0.5, 0.6) is 11.5 Å². The number of methoxy groups -OCH3 is 1. The van der Waals surface area contributed by atoms with Crippen LogP contribution in [0.2, 0.25) is 0 Å². The maximum atomic E-state index is 12.3. The number of halogens is 1. The summed E-state index contributed by atoms with van der Waals surface area (Å²) in [6.45, 7) is 2.36. The van der Waals surface area contributed by atoms with E-state index in [4.69, 9.17) is 15.2 Å². The van der Waals surface area contributed by atoms with E-state index in [2.05, 4.69) is 5.32 Å². The van der Waals surface area contributed by atoms with Crippen molar-refractivity contribution in [2.24, 2.45) is 5.73 Å². The minimum absolute atomic E-state index is 0. The van der Waals surface area contributed by atoms with Gasteiger partial charge in [0.15, 0.2) is 0 Å². The molecule has 0 aliphatic heterocycles. The predicted molar refractivity (Wildman–Crippen MR) is 93.3 cm³/mol. The monoisotopic (exact) mass is 342 g/mol. The molecule has 0 bridgehead atoms. The van der Waals surface area contributed by atoms with E-state index < -0.39 is 5.54 Å². The summed E-state index contributed by atoms with van der Waals surface area (Å²) in [5.74, 6) is 1.41. The minimum atomic E-state index is -0.700. The molecule has 1 saturated carbocycles. The van der Waals surface area contributed by atoms with Crippen molar-refractivity contribution < 1.29 is 14.3 Å². The highest BCUT2D eigenvalue weighted by Crippen LogP contribution is 2.26. The van der Waals surface area contributed by atoms with Crippen molar-refractivity contribution in [1.82, 2.24) is 5.32 Å². The first kappa shape index (κ1) is 19.6. The molecule has 23 heavy (non-hydrogen) atoms. The molecule has 1 atom stereocenters. The third-order valence-corrected chi connectivity index (χ3v) is 4.13. The summed E-state index contributed by atoms with van der Waals surface area (Å²) in [6.07, 6.45) is 4.62. The van der Waals surface area contributed by atoms with Gasteiger partial charge in [-0.25, -0.2) is 0 Å². The molecule has 1 fully saturated rings. The first-order valence-electron chi connectivity index (χ1n) is 7.91. The highest BCUT2D eigenvalue weighted by molar-refractivity contribution is 5.86. The number of nitrogens with one attached hydrogen (secondary N) is 1. The fourth-order valence-corrected chi connectivity index (χ4v) is 2.77. The van der Waals surface area contributed by atoms with Gasteiger partial charge in [0, 0.05) is 6.07 Å². The zero-order chi connectivity index (χ0) is 16.0. The van der Waals surface area contributed by atoms with Gasteiger partial charge < -0.3 is 20.5 Å². The van der Waals surface area contributed by atoms with E-state index in [1.54, 1.807) is 7.11 Å². The number of benzene rings is 1. The molecule has 2 rings (SSSR count). The van der Waals surface area contributed by atoms with E-state index in [0.717, 1.165) is 37.2 Å². The number of hydrogen-bond donors (Lipinski definition) is 2. The van der Waals surface area contributed by atoms with Crippen molar-refractivity contribution in [2.75, 3.05) is 13.7 Å². The number of carbonyl (C=O) groups is 1. The van der Waals surface area contributed by atoms with E-state index >= 15 is 0 Å². The van der Waals surface area contributed by atoms with Crippen molar-refractivity contribution in [3.8, 4) is 11.5 Å². The van der Waals surface area contributed by atoms with Gasteiger partial charge in [-0.05, 0) is 31.9 Å². The van der Waals surface area contributed by atoms with E-state index in [1.165, 1.54) is 6.42 Å². The number of nitrogens with two attached hydrogens (primary N) is 1. The number of hydrogen-bond acceptors (Lipinski definition) is 4. The summed E-state index contributed by atoms with van der Waals surface area (Å²) in [6, 6.07) is 7.42. The van der Waals surface area contributed by atoms with Crippen LogP contribution in [-0.4, -0.2) is 31.2 Å². The molecule has 1 amide bonds. The van der Waals surface area contributed by atoms with Crippen molar-refractivity contribution in [1.29, 1.82) is 0 Å². The molecular weight excluding hydrogens is 316 g/mol. The highest BCUT2D eigenvalue weighted by atomic mass is 35.5. The lowest BCUT2D eigenvalue weighted by Crippen LogP contribution is -2.56. The Morgan fingerprint density at radius 2 is 1.96 bits per heavy atom. The van der Waals surface area contributed by atoms with Crippen molar-refractivity contribution >= 4 is 18.3 Å². The van der Waals surface area contributed by atoms with Crippen LogP contribution in [0.25, 0.3) is 0 Å². The second-order valence-electron chi connectivity index (χ2n) is 6.03. The SMILES string of the molecule is COc1cccc(OC(C)CNC(=O)C2(N)CCCCC2)c1.Cl. The average Bonchev–Trinajstić information content (AvgIpc) is 2.53. The zero-order valence-electron chi connectivity index (χ0n) is 13.8. The van der Waals surface area contributed by atoms with Gasteiger partial charge in [0.05, 0.1) is 19.2 Å². The normalized spacial score (nSPS) is 17.5. The lowest BCUT2D eigenvalue weighted by molar-refractivity contribution is -0.127. The Morgan fingerprint density at radius 3 is 2.61 bits per heavy atom. The molecule has 0 aromatic heterocycles. The quantitative estimate of drug-likeness (QED) is 0.833. The largest absolute Gasteiger partial charge is 0.497 e. The molecule has 1 aliphatic carbocycles. The summed E-state index contributed by atoms with van der Waals surface area (Å²) < 4.78 is 11.0. The first-order chi connectivity index (χ1) is 10.5. The number of amides is 1. The summed E-state index contributed by atoms with van der Waals surface area (Å²) in [4.78, 5) is 12.3. The molecular formula is C17H27ClN2O3. The Bertz CT molecular complexity index is 504. The van der Waals surface area contributed by atoms with Crippen LogP contribution in [-0.2, 0) is 4.79 Å². The zero-order valence-corrected chi connectivity index (χ0v) is 14.7. The van der Waals surface area contributed by atoms with E-state index in [9.17, 15) is 4.79 Å². The van der Waals surface area contributed by atoms with Gasteiger partial charge in [-0.3, -0.25) is 4.79 Å². The van der Waals surface area contributed by atoms with Gasteiger partial charge in [-0.1, -0.05) is 25.3 Å². The van der Waals surface area contributed by atoms with Crippen LogP contribution in [0.15, 0.2) is 24.3 Å². The van der Waals surface area contributed by atoms with Crippen molar-refractivity contribution in [3.63, 3.8) is 0 Å². The molecule has 5 nitrogen and oxygen atoms in total. The number of rotatable bonds is 6. The van der Waals surface area contributed by atoms with E-state index in [-0.39, 0.29) is 24.4 Å². The van der Waals surface area contributed by atoms with Crippen molar-refractivity contribution in [2.45, 2.75) is 50.7 Å². The number of ether oxygens (including phenoxy) is 2. The minimum Gasteiger partial charge on any atom is -0.497 e. The molecule has 0 radical (unpaired) electrons. The fourth-order valence-electron chi connectivity index (χ4n) is 2.77. The molecule has 1 unspecified atom stereocenters. The molecule has 0 spiro atoms. The standard InChI is InChI=1S/C17H26N2O3.ClH/c1-13(22-15-8-6-7-14(11-15)21-2)12-19-16(20)17(18)9-4-3-5-10-17;/h6-8,11,13H,3-5,9-10,12,18H2,1-2H3,(H,19,20);1H. The Morgan fingerprint density at radius 1 is 1.30 bits per heavy atom. The van der Waals surface area contributed by atoms with Crippen LogP contribution in [0.4, 0.5) is 0 Å². The van der Waals surface area contributed by atoms with Gasteiger partial charge in [-0.2, -0.15) is 0 Å². The molecule has 3 N–H and O–H groups in total. The second-order valence-corrected chi connectivity index (χ2v) is 6.03. The summed E-state index contributed by atoms with van der Waals surface area (Å²) in [5.41, 5.74) is 5.51. The van der Waals surface area contributed by atoms with Crippen LogP contribution < -0.4 is 20.5 Å². The lowest BCUT2D eigenvalue weighted by atomic mass is 9.82. The predicted octanol–water partition coefficient (Wildman–Crippen LogP) is 2.66. The van der Waals surface area contributed by atoms with Crippen LogP contribution in [0.3, 0.4) is 0 Å². The molecule has 0 saturated heterocycles. The van der Waals surface area contributed by atoms with Crippen LogP contribution >= 0.6 is 12.4 Å². The van der Waals surface area contributed by atoms with Gasteiger partial charge in [0.1, 0.15) is 17.6 Å². The molecule has 1 aliphatic rings. The third kappa shape index (κ3) is 5.59. The van der Waals surface area contributed by atoms with Crippen LogP contribution in [0.1, 0.15) is 39.0 Å². The topological polar surface area (TPSA) is 73.6 Å².